The zero-order valence-corrected chi connectivity index (χ0v) is 17.4. The lowest BCUT2D eigenvalue weighted by Gasteiger charge is -2.24. The fraction of sp³-hybridized carbons (Fsp3) is 0.238. The number of ether oxygens (including phenoxy) is 1. The number of benzene rings is 1. The summed E-state index contributed by atoms with van der Waals surface area (Å²) >= 11 is 1.30. The molecule has 3 heterocycles. The molecule has 0 radical (unpaired) electrons. The van der Waals surface area contributed by atoms with Gasteiger partial charge in [-0.1, -0.05) is 41.7 Å². The Balaban J connectivity index is 2.00. The van der Waals surface area contributed by atoms with Crippen LogP contribution in [0.15, 0.2) is 57.6 Å². The monoisotopic (exact) mass is 408 g/mol. The van der Waals surface area contributed by atoms with Gasteiger partial charge in [0.2, 0.25) is 0 Å². The van der Waals surface area contributed by atoms with Gasteiger partial charge in [-0.15, -0.1) is 0 Å². The Bertz CT molecular complexity index is 1310. The van der Waals surface area contributed by atoms with Gasteiger partial charge in [-0.2, -0.15) is 5.10 Å². The summed E-state index contributed by atoms with van der Waals surface area (Å²) in [5.41, 5.74) is 3.26. The van der Waals surface area contributed by atoms with E-state index in [-0.39, 0.29) is 5.56 Å². The zero-order valence-electron chi connectivity index (χ0n) is 16.5. The van der Waals surface area contributed by atoms with Crippen molar-refractivity contribution >= 4 is 23.4 Å². The molecule has 7 nitrogen and oxygen atoms in total. The molecule has 0 amide bonds. The van der Waals surface area contributed by atoms with E-state index < -0.39 is 12.0 Å². The van der Waals surface area contributed by atoms with E-state index in [4.69, 9.17) is 4.74 Å². The average Bonchev–Trinajstić information content (AvgIpc) is 3.19. The van der Waals surface area contributed by atoms with Crippen molar-refractivity contribution in [2.24, 2.45) is 12.0 Å². The molecule has 0 saturated carbocycles. The first kappa shape index (κ1) is 19.1. The number of nitrogens with zero attached hydrogens (tertiary/aromatic N) is 4. The van der Waals surface area contributed by atoms with Crippen molar-refractivity contribution < 1.29 is 9.53 Å². The number of rotatable bonds is 3. The Hall–Kier alpha value is -3.26. The number of aromatic nitrogens is 3. The van der Waals surface area contributed by atoms with Gasteiger partial charge in [0.1, 0.15) is 0 Å². The van der Waals surface area contributed by atoms with E-state index in [0.717, 1.165) is 16.8 Å². The summed E-state index contributed by atoms with van der Waals surface area (Å²) in [4.78, 5) is 31.0. The Morgan fingerprint density at radius 2 is 1.97 bits per heavy atom. The first-order valence-corrected chi connectivity index (χ1v) is 9.88. The van der Waals surface area contributed by atoms with Crippen LogP contribution in [0, 0.1) is 6.92 Å². The summed E-state index contributed by atoms with van der Waals surface area (Å²) in [7, 11) is 3.17. The third-order valence-corrected chi connectivity index (χ3v) is 5.86. The van der Waals surface area contributed by atoms with Crippen LogP contribution in [0.2, 0.25) is 0 Å². The Labute approximate surface area is 170 Å². The summed E-state index contributed by atoms with van der Waals surface area (Å²) in [6.45, 7) is 3.67. The van der Waals surface area contributed by atoms with Crippen molar-refractivity contribution in [1.82, 2.24) is 14.3 Å². The van der Waals surface area contributed by atoms with Crippen LogP contribution in [0.1, 0.15) is 29.8 Å². The number of carbonyl (C=O) groups excluding carboxylic acids is 1. The molecule has 148 valence electrons. The van der Waals surface area contributed by atoms with Crippen LogP contribution in [-0.4, -0.2) is 27.4 Å². The molecule has 1 aliphatic heterocycles. The smallest absolute Gasteiger partial charge is 0.338 e. The molecule has 4 rings (SSSR count). The van der Waals surface area contributed by atoms with Crippen molar-refractivity contribution in [3.63, 3.8) is 0 Å². The molecule has 8 heteroatoms. The van der Waals surface area contributed by atoms with Crippen LogP contribution >= 0.6 is 11.3 Å². The van der Waals surface area contributed by atoms with Gasteiger partial charge >= 0.3 is 5.97 Å². The van der Waals surface area contributed by atoms with Crippen LogP contribution in [0.3, 0.4) is 0 Å². The minimum absolute atomic E-state index is 0.195. The van der Waals surface area contributed by atoms with E-state index in [2.05, 4.69) is 10.1 Å². The SMILES string of the molecule is COC(=O)C1=C(C)N=c2s/c(=C/c3cn(C)nc3C)c(=O)n2C1c1ccccc1. The molecule has 0 aliphatic carbocycles. The van der Waals surface area contributed by atoms with E-state index in [1.54, 1.807) is 16.2 Å². The van der Waals surface area contributed by atoms with E-state index >= 15 is 0 Å². The standard InChI is InChI=1S/C21H20N4O3S/c1-12-15(11-24(3)23-12)10-16-19(26)25-18(14-8-6-5-7-9-14)17(20(27)28-4)13(2)22-21(25)29-16/h5-11,18H,1-4H3/b16-10+. The molecule has 3 aromatic rings. The second-order valence-electron chi connectivity index (χ2n) is 6.83. The first-order chi connectivity index (χ1) is 13.9. The normalized spacial score (nSPS) is 16.6. The maximum Gasteiger partial charge on any atom is 0.338 e. The van der Waals surface area contributed by atoms with E-state index in [0.29, 0.717) is 20.6 Å². The van der Waals surface area contributed by atoms with Gasteiger partial charge < -0.3 is 4.74 Å². The Morgan fingerprint density at radius 3 is 2.59 bits per heavy atom. The third kappa shape index (κ3) is 3.25. The third-order valence-electron chi connectivity index (χ3n) is 4.88. The molecule has 1 unspecified atom stereocenters. The summed E-state index contributed by atoms with van der Waals surface area (Å²) in [6, 6.07) is 8.87. The number of hydrogen-bond acceptors (Lipinski definition) is 6. The second kappa shape index (κ2) is 7.29. The number of methoxy groups -OCH3 is 1. The molecule has 1 atom stereocenters. The zero-order chi connectivity index (χ0) is 20.7. The van der Waals surface area contributed by atoms with Gasteiger partial charge in [0.25, 0.3) is 5.56 Å². The number of esters is 1. The van der Waals surface area contributed by atoms with Crippen LogP contribution in [0.4, 0.5) is 0 Å². The predicted molar refractivity (Wildman–Crippen MR) is 110 cm³/mol. The fourth-order valence-electron chi connectivity index (χ4n) is 3.54. The number of aryl methyl sites for hydroxylation is 2. The highest BCUT2D eigenvalue weighted by Gasteiger charge is 2.32. The van der Waals surface area contributed by atoms with Gasteiger partial charge in [-0.05, 0) is 25.5 Å². The molecule has 0 N–H and O–H groups in total. The number of thiazole rings is 1. The highest BCUT2D eigenvalue weighted by atomic mass is 32.1. The van der Waals surface area contributed by atoms with Crippen LogP contribution < -0.4 is 14.9 Å². The number of allylic oxidation sites excluding steroid dienone is 1. The van der Waals surface area contributed by atoms with Crippen molar-refractivity contribution in [1.29, 1.82) is 0 Å². The van der Waals surface area contributed by atoms with Crippen molar-refractivity contribution in [3.8, 4) is 0 Å². The minimum atomic E-state index is -0.586. The van der Waals surface area contributed by atoms with E-state index in [9.17, 15) is 9.59 Å². The van der Waals surface area contributed by atoms with Crippen molar-refractivity contribution in [2.75, 3.05) is 7.11 Å². The topological polar surface area (TPSA) is 78.5 Å². The first-order valence-electron chi connectivity index (χ1n) is 9.06. The Kier molecular flexibility index (Phi) is 4.79. The van der Waals surface area contributed by atoms with Gasteiger partial charge in [0.05, 0.1) is 34.6 Å². The minimum Gasteiger partial charge on any atom is -0.466 e. The maximum atomic E-state index is 13.4. The molecule has 1 aliphatic rings. The summed E-state index contributed by atoms with van der Waals surface area (Å²) in [5, 5.41) is 4.33. The average molecular weight is 408 g/mol. The van der Waals surface area contributed by atoms with Crippen molar-refractivity contribution in [3.05, 3.63) is 84.3 Å². The lowest BCUT2D eigenvalue weighted by molar-refractivity contribution is -0.136. The largest absolute Gasteiger partial charge is 0.466 e. The molecule has 0 saturated heterocycles. The molecule has 29 heavy (non-hydrogen) atoms. The second-order valence-corrected chi connectivity index (χ2v) is 7.84. The highest BCUT2D eigenvalue weighted by molar-refractivity contribution is 7.07. The lowest BCUT2D eigenvalue weighted by atomic mass is 9.96. The van der Waals surface area contributed by atoms with Gasteiger partial charge in [0.15, 0.2) is 4.80 Å². The van der Waals surface area contributed by atoms with E-state index in [1.165, 1.54) is 18.4 Å². The van der Waals surface area contributed by atoms with Crippen molar-refractivity contribution in [2.45, 2.75) is 19.9 Å². The summed E-state index contributed by atoms with van der Waals surface area (Å²) in [5.74, 6) is -0.488. The molecular formula is C21H20N4O3S. The van der Waals surface area contributed by atoms with Gasteiger partial charge in [-0.25, -0.2) is 9.79 Å². The van der Waals surface area contributed by atoms with Gasteiger partial charge in [0, 0.05) is 18.8 Å². The quantitative estimate of drug-likeness (QED) is 0.615. The number of carbonyl (C=O) groups is 1. The fourth-order valence-corrected chi connectivity index (χ4v) is 4.58. The summed E-state index contributed by atoms with van der Waals surface area (Å²) < 4.78 is 8.83. The van der Waals surface area contributed by atoms with Crippen LogP contribution in [-0.2, 0) is 16.6 Å². The number of hydrogen-bond donors (Lipinski definition) is 0. The van der Waals surface area contributed by atoms with Gasteiger partial charge in [-0.3, -0.25) is 14.0 Å². The van der Waals surface area contributed by atoms with Crippen LogP contribution in [0.25, 0.3) is 6.08 Å². The molecule has 2 aromatic heterocycles. The van der Waals surface area contributed by atoms with Crippen LogP contribution in [0.5, 0.6) is 0 Å². The predicted octanol–water partition coefficient (Wildman–Crippen LogP) is 1.45. The molecule has 0 fully saturated rings. The molecule has 1 aromatic carbocycles. The molecule has 0 spiro atoms. The highest BCUT2D eigenvalue weighted by Crippen LogP contribution is 2.30. The van der Waals surface area contributed by atoms with E-state index in [1.807, 2.05) is 56.6 Å². The lowest BCUT2D eigenvalue weighted by Crippen LogP contribution is -2.39. The molecular weight excluding hydrogens is 388 g/mol. The molecule has 0 bridgehead atoms. The maximum absolute atomic E-state index is 13.4. The number of fused-ring (bicyclic) bond motifs is 1. The summed E-state index contributed by atoms with van der Waals surface area (Å²) in [6.07, 6.45) is 3.69. The Morgan fingerprint density at radius 1 is 1.24 bits per heavy atom.